The first-order valence-electron chi connectivity index (χ1n) is 10.9. The molecule has 0 heterocycles. The molecule has 148 valence electrons. The molecule has 0 fully saturated rings. The summed E-state index contributed by atoms with van der Waals surface area (Å²) in [7, 11) is 0. The van der Waals surface area contributed by atoms with Crippen LogP contribution < -0.4 is 4.90 Å². The molecule has 0 saturated heterocycles. The average molecular weight is 390 g/mol. The predicted octanol–water partition coefficient (Wildman–Crippen LogP) is 8.24. The largest absolute Gasteiger partial charge is 0.310 e. The Morgan fingerprint density at radius 1 is 0.600 bits per heavy atom. The molecule has 0 spiro atoms. The SMILES string of the molecule is CCCC1(C)c2ccccc2-c2ccc(N(c3ccccc3)c3ccccc3)cc21. The van der Waals surface area contributed by atoms with Crippen molar-refractivity contribution in [1.29, 1.82) is 0 Å². The van der Waals surface area contributed by atoms with Crippen LogP contribution in [0.1, 0.15) is 37.8 Å². The molecule has 0 bridgehead atoms. The third kappa shape index (κ3) is 2.93. The number of rotatable bonds is 5. The Kier molecular flexibility index (Phi) is 4.67. The Balaban J connectivity index is 1.70. The first-order valence-corrected chi connectivity index (χ1v) is 10.9. The molecule has 1 atom stereocenters. The number of nitrogens with zero attached hydrogens (tertiary/aromatic N) is 1. The Hall–Kier alpha value is -3.32. The zero-order valence-corrected chi connectivity index (χ0v) is 17.7. The van der Waals surface area contributed by atoms with E-state index >= 15 is 0 Å². The van der Waals surface area contributed by atoms with Crippen LogP contribution >= 0.6 is 0 Å². The van der Waals surface area contributed by atoms with Gasteiger partial charge in [-0.3, -0.25) is 0 Å². The molecule has 0 aromatic heterocycles. The van der Waals surface area contributed by atoms with Crippen molar-refractivity contribution < 1.29 is 0 Å². The third-order valence-electron chi connectivity index (χ3n) is 6.45. The van der Waals surface area contributed by atoms with E-state index in [-0.39, 0.29) is 5.41 Å². The molecule has 1 aliphatic rings. The van der Waals surface area contributed by atoms with Gasteiger partial charge in [-0.2, -0.15) is 0 Å². The van der Waals surface area contributed by atoms with E-state index in [0.717, 1.165) is 12.8 Å². The van der Waals surface area contributed by atoms with Crippen molar-refractivity contribution in [3.8, 4) is 11.1 Å². The van der Waals surface area contributed by atoms with Gasteiger partial charge in [-0.1, -0.05) is 87.0 Å². The lowest BCUT2D eigenvalue weighted by atomic mass is 9.76. The van der Waals surface area contributed by atoms with Crippen molar-refractivity contribution in [2.45, 2.75) is 32.1 Å². The van der Waals surface area contributed by atoms with E-state index in [0.29, 0.717) is 0 Å². The second-order valence-corrected chi connectivity index (χ2v) is 8.36. The van der Waals surface area contributed by atoms with Gasteiger partial charge in [-0.15, -0.1) is 0 Å². The number of benzene rings is 4. The highest BCUT2D eigenvalue weighted by atomic mass is 15.1. The van der Waals surface area contributed by atoms with E-state index in [1.165, 1.54) is 39.3 Å². The van der Waals surface area contributed by atoms with Crippen molar-refractivity contribution in [2.24, 2.45) is 0 Å². The molecular formula is C29H27N. The molecule has 5 rings (SSSR count). The van der Waals surface area contributed by atoms with E-state index < -0.39 is 0 Å². The molecule has 0 radical (unpaired) electrons. The van der Waals surface area contributed by atoms with Crippen molar-refractivity contribution in [1.82, 2.24) is 0 Å². The molecule has 1 nitrogen and oxygen atoms in total. The zero-order chi connectivity index (χ0) is 20.6. The Morgan fingerprint density at radius 2 is 1.17 bits per heavy atom. The minimum atomic E-state index is 0.0513. The highest BCUT2D eigenvalue weighted by Crippen LogP contribution is 2.52. The molecule has 1 aliphatic carbocycles. The molecule has 0 N–H and O–H groups in total. The van der Waals surface area contributed by atoms with Crippen LogP contribution in [0.5, 0.6) is 0 Å². The van der Waals surface area contributed by atoms with Crippen molar-refractivity contribution in [2.75, 3.05) is 4.90 Å². The number of fused-ring (bicyclic) bond motifs is 3. The standard InChI is InChI=1S/C29H27N/c1-3-20-29(2)27-17-11-10-16-25(27)26-19-18-24(21-28(26)29)30(22-12-6-4-7-13-22)23-14-8-5-9-15-23/h4-19,21H,3,20H2,1-2H3. The number of para-hydroxylation sites is 2. The summed E-state index contributed by atoms with van der Waals surface area (Å²) in [6, 6.07) is 37.2. The van der Waals surface area contributed by atoms with Gasteiger partial charge in [-0.25, -0.2) is 0 Å². The van der Waals surface area contributed by atoms with Crippen molar-refractivity contribution in [3.05, 3.63) is 114 Å². The van der Waals surface area contributed by atoms with Gasteiger partial charge in [-0.05, 0) is 65.1 Å². The molecule has 0 saturated carbocycles. The number of hydrogen-bond acceptors (Lipinski definition) is 1. The van der Waals surface area contributed by atoms with Crippen LogP contribution in [0.2, 0.25) is 0 Å². The lowest BCUT2D eigenvalue weighted by molar-refractivity contribution is 0.524. The summed E-state index contributed by atoms with van der Waals surface area (Å²) in [5, 5.41) is 0. The van der Waals surface area contributed by atoms with Gasteiger partial charge in [0.1, 0.15) is 0 Å². The van der Waals surface area contributed by atoms with Gasteiger partial charge in [0.05, 0.1) is 0 Å². The highest BCUT2D eigenvalue weighted by Gasteiger charge is 2.38. The maximum atomic E-state index is 2.42. The maximum Gasteiger partial charge on any atom is 0.0465 e. The summed E-state index contributed by atoms with van der Waals surface area (Å²) in [5.74, 6) is 0. The van der Waals surface area contributed by atoms with Crippen LogP contribution in [0.3, 0.4) is 0 Å². The zero-order valence-electron chi connectivity index (χ0n) is 17.7. The summed E-state index contributed by atoms with van der Waals surface area (Å²) < 4.78 is 0. The van der Waals surface area contributed by atoms with Crippen LogP contribution in [0.25, 0.3) is 11.1 Å². The summed E-state index contributed by atoms with van der Waals surface area (Å²) in [5.41, 5.74) is 9.29. The summed E-state index contributed by atoms with van der Waals surface area (Å²) in [6.45, 7) is 4.70. The fourth-order valence-electron chi connectivity index (χ4n) is 5.08. The van der Waals surface area contributed by atoms with Gasteiger partial charge in [0.15, 0.2) is 0 Å². The van der Waals surface area contributed by atoms with Gasteiger partial charge >= 0.3 is 0 Å². The second-order valence-electron chi connectivity index (χ2n) is 8.36. The van der Waals surface area contributed by atoms with Gasteiger partial charge in [0, 0.05) is 22.5 Å². The third-order valence-corrected chi connectivity index (χ3v) is 6.45. The monoisotopic (exact) mass is 389 g/mol. The molecule has 1 heteroatoms. The predicted molar refractivity (Wildman–Crippen MR) is 128 cm³/mol. The first-order chi connectivity index (χ1) is 14.7. The van der Waals surface area contributed by atoms with E-state index in [1.807, 2.05) is 0 Å². The normalized spacial score (nSPS) is 16.7. The molecule has 0 aliphatic heterocycles. The van der Waals surface area contributed by atoms with Crippen LogP contribution in [0.15, 0.2) is 103 Å². The summed E-state index contributed by atoms with van der Waals surface area (Å²) in [6.07, 6.45) is 2.31. The molecule has 0 amide bonds. The quantitative estimate of drug-likeness (QED) is 0.332. The van der Waals surface area contributed by atoms with Gasteiger partial charge < -0.3 is 4.90 Å². The average Bonchev–Trinajstić information content (AvgIpc) is 3.04. The Bertz CT molecular complexity index is 1120. The van der Waals surface area contributed by atoms with Crippen molar-refractivity contribution in [3.63, 3.8) is 0 Å². The van der Waals surface area contributed by atoms with Crippen LogP contribution in [0.4, 0.5) is 17.1 Å². The van der Waals surface area contributed by atoms with Crippen molar-refractivity contribution >= 4 is 17.1 Å². The lowest BCUT2D eigenvalue weighted by Gasteiger charge is -2.30. The van der Waals surface area contributed by atoms with Gasteiger partial charge in [0.2, 0.25) is 0 Å². The topological polar surface area (TPSA) is 3.24 Å². The van der Waals surface area contributed by atoms with E-state index in [1.54, 1.807) is 0 Å². The fourth-order valence-corrected chi connectivity index (χ4v) is 5.08. The van der Waals surface area contributed by atoms with Crippen LogP contribution in [-0.2, 0) is 5.41 Å². The molecule has 1 unspecified atom stereocenters. The molecular weight excluding hydrogens is 362 g/mol. The van der Waals surface area contributed by atoms with E-state index in [2.05, 4.69) is 122 Å². The minimum Gasteiger partial charge on any atom is -0.310 e. The second kappa shape index (κ2) is 7.50. The highest BCUT2D eigenvalue weighted by molar-refractivity contribution is 5.85. The minimum absolute atomic E-state index is 0.0513. The molecule has 4 aromatic rings. The Labute approximate surface area is 179 Å². The van der Waals surface area contributed by atoms with E-state index in [4.69, 9.17) is 0 Å². The van der Waals surface area contributed by atoms with Crippen LogP contribution in [0, 0.1) is 0 Å². The summed E-state index contributed by atoms with van der Waals surface area (Å²) in [4.78, 5) is 2.36. The number of anilines is 3. The van der Waals surface area contributed by atoms with E-state index in [9.17, 15) is 0 Å². The number of hydrogen-bond donors (Lipinski definition) is 0. The smallest absolute Gasteiger partial charge is 0.0465 e. The Morgan fingerprint density at radius 3 is 1.80 bits per heavy atom. The lowest BCUT2D eigenvalue weighted by Crippen LogP contribution is -2.21. The molecule has 4 aromatic carbocycles. The first kappa shape index (κ1) is 18.7. The van der Waals surface area contributed by atoms with Crippen LogP contribution in [-0.4, -0.2) is 0 Å². The summed E-state index contributed by atoms with van der Waals surface area (Å²) >= 11 is 0. The maximum absolute atomic E-state index is 2.42. The van der Waals surface area contributed by atoms with Gasteiger partial charge in [0.25, 0.3) is 0 Å². The molecule has 30 heavy (non-hydrogen) atoms. The fraction of sp³-hybridized carbons (Fsp3) is 0.172.